The van der Waals surface area contributed by atoms with Crippen molar-refractivity contribution in [2.75, 3.05) is 11.5 Å². The highest BCUT2D eigenvalue weighted by Crippen LogP contribution is 2.32. The molecule has 0 saturated heterocycles. The molecule has 1 heterocycles. The van der Waals surface area contributed by atoms with Crippen LogP contribution in [0.5, 0.6) is 0 Å². The lowest BCUT2D eigenvalue weighted by Crippen LogP contribution is -2.01. The van der Waals surface area contributed by atoms with E-state index in [2.05, 4.69) is 5.10 Å². The maximum absolute atomic E-state index is 6.07. The molecule has 16 heavy (non-hydrogen) atoms. The SMILES string of the molecule is Nc1cccc(Cl)c1SCCn1cccn1. The van der Waals surface area contributed by atoms with Crippen molar-refractivity contribution >= 4 is 29.1 Å². The Morgan fingerprint density at radius 1 is 1.38 bits per heavy atom. The topological polar surface area (TPSA) is 43.8 Å². The third kappa shape index (κ3) is 2.71. The Morgan fingerprint density at radius 3 is 2.94 bits per heavy atom. The van der Waals surface area contributed by atoms with Crippen LogP contribution < -0.4 is 5.73 Å². The zero-order valence-corrected chi connectivity index (χ0v) is 10.2. The first-order valence-corrected chi connectivity index (χ1v) is 6.28. The Hall–Kier alpha value is -1.13. The molecular formula is C11H12ClN3S. The van der Waals surface area contributed by atoms with E-state index in [0.29, 0.717) is 5.02 Å². The van der Waals surface area contributed by atoms with E-state index in [0.717, 1.165) is 22.9 Å². The molecule has 0 bridgehead atoms. The molecule has 0 unspecified atom stereocenters. The van der Waals surface area contributed by atoms with E-state index in [4.69, 9.17) is 17.3 Å². The first kappa shape index (κ1) is 11.4. The van der Waals surface area contributed by atoms with Gasteiger partial charge in [0.2, 0.25) is 0 Å². The zero-order valence-electron chi connectivity index (χ0n) is 8.64. The van der Waals surface area contributed by atoms with Gasteiger partial charge in [-0.2, -0.15) is 5.10 Å². The van der Waals surface area contributed by atoms with Gasteiger partial charge in [0.25, 0.3) is 0 Å². The average Bonchev–Trinajstić information content (AvgIpc) is 2.75. The van der Waals surface area contributed by atoms with Gasteiger partial charge in [0.1, 0.15) is 0 Å². The fraction of sp³-hybridized carbons (Fsp3) is 0.182. The van der Waals surface area contributed by atoms with Crippen molar-refractivity contribution in [2.24, 2.45) is 0 Å². The third-order valence-electron chi connectivity index (χ3n) is 2.12. The maximum Gasteiger partial charge on any atom is 0.0562 e. The summed E-state index contributed by atoms with van der Waals surface area (Å²) < 4.78 is 1.89. The second-order valence-corrected chi connectivity index (χ2v) is 4.79. The van der Waals surface area contributed by atoms with Gasteiger partial charge in [0.15, 0.2) is 0 Å². The summed E-state index contributed by atoms with van der Waals surface area (Å²) in [5.74, 6) is 0.898. The minimum absolute atomic E-state index is 0.713. The smallest absolute Gasteiger partial charge is 0.0562 e. The average molecular weight is 254 g/mol. The molecule has 0 aliphatic rings. The molecule has 0 fully saturated rings. The zero-order chi connectivity index (χ0) is 11.4. The van der Waals surface area contributed by atoms with Crippen LogP contribution in [0.1, 0.15) is 0 Å². The number of aryl methyl sites for hydroxylation is 1. The van der Waals surface area contributed by atoms with E-state index in [1.54, 1.807) is 18.0 Å². The molecule has 2 aromatic rings. The number of halogens is 1. The molecule has 2 N–H and O–H groups in total. The minimum atomic E-state index is 0.713. The van der Waals surface area contributed by atoms with Gasteiger partial charge in [-0.3, -0.25) is 4.68 Å². The van der Waals surface area contributed by atoms with Crippen LogP contribution in [0.25, 0.3) is 0 Å². The van der Waals surface area contributed by atoms with Crippen molar-refractivity contribution in [1.29, 1.82) is 0 Å². The number of nitrogens with two attached hydrogens (primary N) is 1. The molecule has 2 rings (SSSR count). The van der Waals surface area contributed by atoms with Crippen LogP contribution in [0, 0.1) is 0 Å². The fourth-order valence-corrected chi connectivity index (χ4v) is 2.62. The lowest BCUT2D eigenvalue weighted by Gasteiger charge is -2.07. The predicted octanol–water partition coefficient (Wildman–Crippen LogP) is 2.91. The number of anilines is 1. The highest BCUT2D eigenvalue weighted by molar-refractivity contribution is 7.99. The minimum Gasteiger partial charge on any atom is -0.398 e. The van der Waals surface area contributed by atoms with E-state index in [-0.39, 0.29) is 0 Å². The number of hydrogen-bond donors (Lipinski definition) is 1. The number of hydrogen-bond acceptors (Lipinski definition) is 3. The first-order valence-electron chi connectivity index (χ1n) is 4.91. The Labute approximate surface area is 104 Å². The normalized spacial score (nSPS) is 10.6. The van der Waals surface area contributed by atoms with Gasteiger partial charge in [-0.1, -0.05) is 17.7 Å². The summed E-state index contributed by atoms with van der Waals surface area (Å²) in [5.41, 5.74) is 6.59. The van der Waals surface area contributed by atoms with Gasteiger partial charge < -0.3 is 5.73 Å². The van der Waals surface area contributed by atoms with Crippen molar-refractivity contribution < 1.29 is 0 Å². The van der Waals surface area contributed by atoms with Crippen LogP contribution in [0.4, 0.5) is 5.69 Å². The Balaban J connectivity index is 1.95. The monoisotopic (exact) mass is 253 g/mol. The summed E-state index contributed by atoms with van der Waals surface area (Å²) in [7, 11) is 0. The Bertz CT molecular complexity index is 436. The summed E-state index contributed by atoms with van der Waals surface area (Å²) in [5, 5.41) is 4.84. The van der Waals surface area contributed by atoms with Crippen molar-refractivity contribution in [1.82, 2.24) is 9.78 Å². The molecule has 1 aromatic carbocycles. The van der Waals surface area contributed by atoms with E-state index < -0.39 is 0 Å². The molecule has 0 spiro atoms. The van der Waals surface area contributed by atoms with Crippen LogP contribution in [0.3, 0.4) is 0 Å². The van der Waals surface area contributed by atoms with Gasteiger partial charge in [-0.05, 0) is 18.2 Å². The van der Waals surface area contributed by atoms with Crippen molar-refractivity contribution in [3.63, 3.8) is 0 Å². The van der Waals surface area contributed by atoms with Crippen molar-refractivity contribution in [2.45, 2.75) is 11.4 Å². The Morgan fingerprint density at radius 2 is 2.25 bits per heavy atom. The number of benzene rings is 1. The predicted molar refractivity (Wildman–Crippen MR) is 68.8 cm³/mol. The van der Waals surface area contributed by atoms with Gasteiger partial charge in [0.05, 0.1) is 11.6 Å². The molecule has 1 aromatic heterocycles. The highest BCUT2D eigenvalue weighted by atomic mass is 35.5. The van der Waals surface area contributed by atoms with Gasteiger partial charge in [-0.25, -0.2) is 0 Å². The fourth-order valence-electron chi connectivity index (χ4n) is 1.35. The van der Waals surface area contributed by atoms with E-state index >= 15 is 0 Å². The van der Waals surface area contributed by atoms with Crippen LogP contribution in [0.2, 0.25) is 5.02 Å². The molecule has 84 valence electrons. The van der Waals surface area contributed by atoms with Crippen LogP contribution in [-0.2, 0) is 6.54 Å². The lowest BCUT2D eigenvalue weighted by atomic mass is 10.3. The number of aromatic nitrogens is 2. The van der Waals surface area contributed by atoms with Crippen LogP contribution >= 0.6 is 23.4 Å². The summed E-state index contributed by atoms with van der Waals surface area (Å²) >= 11 is 7.72. The second-order valence-electron chi connectivity index (χ2n) is 3.28. The van der Waals surface area contributed by atoms with Gasteiger partial charge in [0, 0.05) is 28.7 Å². The molecule has 3 nitrogen and oxygen atoms in total. The van der Waals surface area contributed by atoms with Crippen LogP contribution in [-0.4, -0.2) is 15.5 Å². The molecule has 0 aliphatic carbocycles. The summed E-state index contributed by atoms with van der Waals surface area (Å²) in [6.45, 7) is 0.850. The number of rotatable bonds is 4. The number of nitrogens with zero attached hydrogens (tertiary/aromatic N) is 2. The quantitative estimate of drug-likeness (QED) is 0.673. The van der Waals surface area contributed by atoms with Crippen LogP contribution in [0.15, 0.2) is 41.6 Å². The first-order chi connectivity index (χ1) is 7.77. The molecule has 5 heteroatoms. The number of thioether (sulfide) groups is 1. The summed E-state index contributed by atoms with van der Waals surface area (Å²) in [6.07, 6.45) is 3.71. The standard InChI is InChI=1S/C11H12ClN3S/c12-9-3-1-4-10(13)11(9)16-8-7-15-6-2-5-14-15/h1-6H,7-8,13H2. The third-order valence-corrected chi connectivity index (χ3v) is 3.68. The molecule has 0 radical (unpaired) electrons. The second kappa shape index (κ2) is 5.27. The number of nitrogen functional groups attached to an aromatic ring is 1. The highest BCUT2D eigenvalue weighted by Gasteiger charge is 2.04. The molecule has 0 atom stereocenters. The van der Waals surface area contributed by atoms with Crippen molar-refractivity contribution in [3.05, 3.63) is 41.7 Å². The van der Waals surface area contributed by atoms with Gasteiger partial charge >= 0.3 is 0 Å². The molecule has 0 saturated carbocycles. The summed E-state index contributed by atoms with van der Waals surface area (Å²) in [4.78, 5) is 0.955. The molecule has 0 aliphatic heterocycles. The van der Waals surface area contributed by atoms with E-state index in [1.807, 2.05) is 35.1 Å². The Kier molecular flexibility index (Phi) is 3.74. The molecule has 0 amide bonds. The maximum atomic E-state index is 6.07. The largest absolute Gasteiger partial charge is 0.398 e. The molecular weight excluding hydrogens is 242 g/mol. The van der Waals surface area contributed by atoms with E-state index in [9.17, 15) is 0 Å². The van der Waals surface area contributed by atoms with Crippen molar-refractivity contribution in [3.8, 4) is 0 Å². The lowest BCUT2D eigenvalue weighted by molar-refractivity contribution is 0.666. The van der Waals surface area contributed by atoms with E-state index in [1.165, 1.54) is 0 Å². The van der Waals surface area contributed by atoms with Gasteiger partial charge in [-0.15, -0.1) is 11.8 Å². The summed E-state index contributed by atoms with van der Waals surface area (Å²) in [6, 6.07) is 7.49.